The molecular weight excluding hydrogens is 314 g/mol. The van der Waals surface area contributed by atoms with Gasteiger partial charge in [0, 0.05) is 23.4 Å². The van der Waals surface area contributed by atoms with Crippen LogP contribution in [0.2, 0.25) is 5.02 Å². The third kappa shape index (κ3) is 3.41. The molecule has 0 aromatic heterocycles. The molecule has 2 atom stereocenters. The van der Waals surface area contributed by atoms with E-state index in [1.165, 1.54) is 6.07 Å². The van der Waals surface area contributed by atoms with E-state index in [2.05, 4.69) is 5.32 Å². The third-order valence-corrected chi connectivity index (χ3v) is 5.12. The summed E-state index contributed by atoms with van der Waals surface area (Å²) >= 11 is 7.58. The van der Waals surface area contributed by atoms with Gasteiger partial charge in [-0.05, 0) is 19.1 Å². The summed E-state index contributed by atoms with van der Waals surface area (Å²) in [5, 5.41) is 14.1. The zero-order valence-corrected chi connectivity index (χ0v) is 13.0. The van der Waals surface area contributed by atoms with Crippen LogP contribution in [0.25, 0.3) is 0 Å². The maximum Gasteiger partial charge on any atom is 0.271 e. The van der Waals surface area contributed by atoms with E-state index in [4.69, 9.17) is 17.3 Å². The molecule has 0 spiro atoms. The summed E-state index contributed by atoms with van der Waals surface area (Å²) in [4.78, 5) is 22.6. The van der Waals surface area contributed by atoms with Crippen molar-refractivity contribution < 1.29 is 9.72 Å². The second-order valence-corrected chi connectivity index (χ2v) is 6.42. The lowest BCUT2D eigenvalue weighted by Gasteiger charge is -2.19. The highest BCUT2D eigenvalue weighted by Gasteiger charge is 2.29. The Kier molecular flexibility index (Phi) is 4.95. The third-order valence-electron chi connectivity index (χ3n) is 3.64. The summed E-state index contributed by atoms with van der Waals surface area (Å²) < 4.78 is 0. The van der Waals surface area contributed by atoms with Gasteiger partial charge in [-0.2, -0.15) is 11.8 Å². The van der Waals surface area contributed by atoms with Crippen molar-refractivity contribution in [2.45, 2.75) is 30.6 Å². The summed E-state index contributed by atoms with van der Waals surface area (Å²) in [6.07, 6.45) is 5.02. The van der Waals surface area contributed by atoms with Crippen LogP contribution in [0, 0.1) is 10.1 Å². The van der Waals surface area contributed by atoms with E-state index >= 15 is 0 Å². The van der Waals surface area contributed by atoms with Crippen LogP contribution in [-0.2, 0) is 0 Å². The molecule has 114 valence electrons. The summed E-state index contributed by atoms with van der Waals surface area (Å²) in [6, 6.07) is 2.37. The first-order valence-electron chi connectivity index (χ1n) is 6.51. The fourth-order valence-electron chi connectivity index (χ4n) is 2.52. The zero-order valence-electron chi connectivity index (χ0n) is 11.5. The van der Waals surface area contributed by atoms with Crippen molar-refractivity contribution in [3.63, 3.8) is 0 Å². The number of nitrogens with two attached hydrogens (primary N) is 1. The predicted molar refractivity (Wildman–Crippen MR) is 84.9 cm³/mol. The number of nitrogens with one attached hydrogen (secondary N) is 1. The molecule has 1 amide bonds. The number of nitro groups is 1. The van der Waals surface area contributed by atoms with Crippen molar-refractivity contribution in [3.05, 3.63) is 32.8 Å². The van der Waals surface area contributed by atoms with Crippen LogP contribution in [0.3, 0.4) is 0 Å². The van der Waals surface area contributed by atoms with E-state index in [0.717, 1.165) is 25.3 Å². The Labute approximate surface area is 131 Å². The van der Waals surface area contributed by atoms with E-state index in [9.17, 15) is 14.9 Å². The van der Waals surface area contributed by atoms with Gasteiger partial charge in [-0.1, -0.05) is 18.0 Å². The number of anilines is 1. The van der Waals surface area contributed by atoms with E-state index in [0.29, 0.717) is 5.25 Å². The van der Waals surface area contributed by atoms with Gasteiger partial charge < -0.3 is 11.1 Å². The maximum absolute atomic E-state index is 12.3. The van der Waals surface area contributed by atoms with Gasteiger partial charge in [-0.15, -0.1) is 0 Å². The molecule has 0 bridgehead atoms. The SMILES string of the molecule is CSC1CCCC1NC(=O)c1cc([N+](=O)[O-])cc(Cl)c1N. The maximum atomic E-state index is 12.3. The first-order valence-corrected chi connectivity index (χ1v) is 8.17. The molecule has 0 heterocycles. The average molecular weight is 330 g/mol. The number of amides is 1. The lowest BCUT2D eigenvalue weighted by molar-refractivity contribution is -0.384. The van der Waals surface area contributed by atoms with Gasteiger partial charge in [0.1, 0.15) is 0 Å². The van der Waals surface area contributed by atoms with Crippen LogP contribution < -0.4 is 11.1 Å². The molecule has 0 aliphatic heterocycles. The summed E-state index contributed by atoms with van der Waals surface area (Å²) in [5.74, 6) is -0.413. The van der Waals surface area contributed by atoms with Crippen LogP contribution in [0.5, 0.6) is 0 Å². The number of nitro benzene ring substituents is 1. The van der Waals surface area contributed by atoms with Crippen molar-refractivity contribution >= 4 is 40.6 Å². The minimum Gasteiger partial charge on any atom is -0.397 e. The molecule has 1 fully saturated rings. The molecule has 8 heteroatoms. The summed E-state index contributed by atoms with van der Waals surface area (Å²) in [5.41, 5.74) is 5.65. The molecule has 21 heavy (non-hydrogen) atoms. The highest BCUT2D eigenvalue weighted by Crippen LogP contribution is 2.31. The summed E-state index contributed by atoms with van der Waals surface area (Å²) in [6.45, 7) is 0. The Balaban J connectivity index is 2.24. The minimum atomic E-state index is -0.595. The number of carbonyl (C=O) groups excluding carboxylic acids is 1. The first-order chi connectivity index (χ1) is 9.93. The molecule has 1 aliphatic carbocycles. The number of nitrogen functional groups attached to an aromatic ring is 1. The highest BCUT2D eigenvalue weighted by molar-refractivity contribution is 7.99. The molecular formula is C13H16ClN3O3S. The predicted octanol–water partition coefficient (Wildman–Crippen LogP) is 2.84. The Morgan fingerprint density at radius 2 is 2.24 bits per heavy atom. The minimum absolute atomic E-state index is 0.0159. The van der Waals surface area contributed by atoms with Crippen molar-refractivity contribution in [2.24, 2.45) is 0 Å². The average Bonchev–Trinajstić information content (AvgIpc) is 2.88. The van der Waals surface area contributed by atoms with E-state index < -0.39 is 10.8 Å². The standard InChI is InChI=1S/C13H16ClN3O3S/c1-21-11-4-2-3-10(11)16-13(18)8-5-7(17(19)20)6-9(14)12(8)15/h5-6,10-11H,2-4,15H2,1H3,(H,16,18). The Morgan fingerprint density at radius 1 is 1.52 bits per heavy atom. The molecule has 1 aromatic carbocycles. The monoisotopic (exact) mass is 329 g/mol. The van der Waals surface area contributed by atoms with Crippen LogP contribution in [0.15, 0.2) is 12.1 Å². The topological polar surface area (TPSA) is 98.3 Å². The fraction of sp³-hybridized carbons (Fsp3) is 0.462. The lowest BCUT2D eigenvalue weighted by atomic mass is 10.1. The van der Waals surface area contributed by atoms with Crippen LogP contribution in [-0.4, -0.2) is 28.4 Å². The number of non-ortho nitro benzene ring substituents is 1. The van der Waals surface area contributed by atoms with Crippen molar-refractivity contribution in [3.8, 4) is 0 Å². The van der Waals surface area contributed by atoms with Gasteiger partial charge in [0.15, 0.2) is 0 Å². The molecule has 0 saturated heterocycles. The van der Waals surface area contributed by atoms with Crippen LogP contribution in [0.1, 0.15) is 29.6 Å². The normalized spacial score (nSPS) is 21.2. The quantitative estimate of drug-likeness (QED) is 0.503. The van der Waals surface area contributed by atoms with Crippen molar-refractivity contribution in [2.75, 3.05) is 12.0 Å². The van der Waals surface area contributed by atoms with Crippen LogP contribution >= 0.6 is 23.4 Å². The van der Waals surface area contributed by atoms with E-state index in [1.54, 1.807) is 11.8 Å². The fourth-order valence-corrected chi connectivity index (χ4v) is 3.66. The number of benzene rings is 1. The van der Waals surface area contributed by atoms with Gasteiger partial charge in [-0.3, -0.25) is 14.9 Å². The van der Waals surface area contributed by atoms with Gasteiger partial charge in [0.2, 0.25) is 0 Å². The number of halogens is 1. The van der Waals surface area contributed by atoms with Gasteiger partial charge >= 0.3 is 0 Å². The van der Waals surface area contributed by atoms with Crippen LogP contribution in [0.4, 0.5) is 11.4 Å². The second-order valence-electron chi connectivity index (χ2n) is 4.93. The zero-order chi connectivity index (χ0) is 15.6. The summed E-state index contributed by atoms with van der Waals surface area (Å²) in [7, 11) is 0. The lowest BCUT2D eigenvalue weighted by Crippen LogP contribution is -2.38. The van der Waals surface area contributed by atoms with E-state index in [1.807, 2.05) is 6.26 Å². The molecule has 1 aromatic rings. The molecule has 2 unspecified atom stereocenters. The molecule has 1 aliphatic rings. The number of hydrogen-bond donors (Lipinski definition) is 2. The Morgan fingerprint density at radius 3 is 2.86 bits per heavy atom. The first kappa shape index (κ1) is 15.9. The van der Waals surface area contributed by atoms with Gasteiger partial charge in [0.25, 0.3) is 11.6 Å². The Hall–Kier alpha value is -1.47. The number of rotatable bonds is 4. The molecule has 6 nitrogen and oxygen atoms in total. The number of hydrogen-bond acceptors (Lipinski definition) is 5. The number of nitrogens with zero attached hydrogens (tertiary/aromatic N) is 1. The molecule has 3 N–H and O–H groups in total. The van der Waals surface area contributed by atoms with Crippen molar-refractivity contribution in [1.82, 2.24) is 5.32 Å². The molecule has 1 saturated carbocycles. The number of thioether (sulfide) groups is 1. The second kappa shape index (κ2) is 6.53. The Bertz CT molecular complexity index is 582. The largest absolute Gasteiger partial charge is 0.397 e. The van der Waals surface area contributed by atoms with Crippen molar-refractivity contribution in [1.29, 1.82) is 0 Å². The smallest absolute Gasteiger partial charge is 0.271 e. The number of carbonyl (C=O) groups is 1. The van der Waals surface area contributed by atoms with Gasteiger partial charge in [0.05, 0.1) is 21.2 Å². The highest BCUT2D eigenvalue weighted by atomic mass is 35.5. The van der Waals surface area contributed by atoms with E-state index in [-0.39, 0.29) is 28.0 Å². The van der Waals surface area contributed by atoms with Gasteiger partial charge in [-0.25, -0.2) is 0 Å². The molecule has 2 rings (SSSR count). The molecule has 0 radical (unpaired) electrons.